The van der Waals surface area contributed by atoms with Crippen molar-refractivity contribution < 1.29 is 14.4 Å². The zero-order chi connectivity index (χ0) is 17.0. The second kappa shape index (κ2) is 6.79. The number of ketones is 1. The van der Waals surface area contributed by atoms with Gasteiger partial charge in [-0.2, -0.15) is 0 Å². The highest BCUT2D eigenvalue weighted by Gasteiger charge is 2.50. The molecule has 1 aliphatic heterocycles. The largest absolute Gasteiger partial charge is 0.347 e. The number of carbonyl (C=O) groups is 2. The van der Waals surface area contributed by atoms with Crippen molar-refractivity contribution >= 4 is 17.5 Å². The van der Waals surface area contributed by atoms with Crippen LogP contribution in [-0.2, 0) is 20.8 Å². The van der Waals surface area contributed by atoms with Gasteiger partial charge in [-0.15, -0.1) is 0 Å². The lowest BCUT2D eigenvalue weighted by molar-refractivity contribution is -0.148. The number of Topliss-reactive ketones (excluding diaryl/α,β-unsaturated/α-hetero) is 1. The zero-order valence-corrected chi connectivity index (χ0v) is 13.6. The Labute approximate surface area is 141 Å². The van der Waals surface area contributed by atoms with Crippen LogP contribution < -0.4 is 0 Å². The number of carbonyl (C=O) groups excluding carboxylic acids is 2. The summed E-state index contributed by atoms with van der Waals surface area (Å²) in [6.45, 7) is 1.54. The lowest BCUT2D eigenvalue weighted by Crippen LogP contribution is -2.38. The SMILES string of the molecule is CC(=O)CC[C@@]1(Cc2ccccc2)C(=O)ON=C1c1ccccc1. The van der Waals surface area contributed by atoms with Gasteiger partial charge >= 0.3 is 5.97 Å². The van der Waals surface area contributed by atoms with Crippen LogP contribution in [0.5, 0.6) is 0 Å². The van der Waals surface area contributed by atoms with Gasteiger partial charge in [0.05, 0.1) is 0 Å². The average molecular weight is 321 g/mol. The van der Waals surface area contributed by atoms with Gasteiger partial charge in [-0.25, -0.2) is 4.79 Å². The second-order valence-electron chi connectivity index (χ2n) is 6.13. The molecule has 0 amide bonds. The number of hydrogen-bond acceptors (Lipinski definition) is 4. The van der Waals surface area contributed by atoms with Crippen LogP contribution in [0.3, 0.4) is 0 Å². The van der Waals surface area contributed by atoms with Crippen molar-refractivity contribution in [3.05, 3.63) is 71.8 Å². The van der Waals surface area contributed by atoms with E-state index in [0.717, 1.165) is 11.1 Å². The van der Waals surface area contributed by atoms with E-state index in [-0.39, 0.29) is 11.8 Å². The molecular formula is C20H19NO3. The Morgan fingerprint density at radius 1 is 1.04 bits per heavy atom. The minimum absolute atomic E-state index is 0.0505. The molecular weight excluding hydrogens is 302 g/mol. The standard InChI is InChI=1S/C20H19NO3/c1-15(22)12-13-20(14-16-8-4-2-5-9-16)18(21-24-19(20)23)17-10-6-3-7-11-17/h2-11H,12-14H2,1H3/t20-/m0/s1. The smallest absolute Gasteiger partial charge is 0.317 e. The third-order valence-electron chi connectivity index (χ3n) is 4.36. The van der Waals surface area contributed by atoms with Crippen LogP contribution >= 0.6 is 0 Å². The lowest BCUT2D eigenvalue weighted by atomic mass is 9.72. The number of hydrogen-bond donors (Lipinski definition) is 0. The first kappa shape index (κ1) is 16.1. The Morgan fingerprint density at radius 2 is 1.67 bits per heavy atom. The number of rotatable bonds is 6. The molecule has 0 saturated heterocycles. The molecule has 1 atom stereocenters. The third-order valence-corrected chi connectivity index (χ3v) is 4.36. The molecule has 24 heavy (non-hydrogen) atoms. The van der Waals surface area contributed by atoms with Gasteiger partial charge in [0, 0.05) is 12.0 Å². The highest BCUT2D eigenvalue weighted by molar-refractivity contribution is 6.18. The van der Waals surface area contributed by atoms with Gasteiger partial charge in [-0.05, 0) is 25.3 Å². The summed E-state index contributed by atoms with van der Waals surface area (Å²) in [5.74, 6) is -0.332. The first-order valence-corrected chi connectivity index (χ1v) is 8.00. The number of nitrogens with zero attached hydrogens (tertiary/aromatic N) is 1. The predicted molar refractivity (Wildman–Crippen MR) is 91.6 cm³/mol. The van der Waals surface area contributed by atoms with E-state index in [1.165, 1.54) is 6.92 Å². The summed E-state index contributed by atoms with van der Waals surface area (Å²) in [5, 5.41) is 4.07. The van der Waals surface area contributed by atoms with Crippen molar-refractivity contribution in [2.24, 2.45) is 10.6 Å². The summed E-state index contributed by atoms with van der Waals surface area (Å²) in [5.41, 5.74) is 1.55. The third kappa shape index (κ3) is 3.13. The molecule has 1 heterocycles. The second-order valence-corrected chi connectivity index (χ2v) is 6.13. The van der Waals surface area contributed by atoms with E-state index in [0.29, 0.717) is 25.0 Å². The van der Waals surface area contributed by atoms with Crippen molar-refractivity contribution in [1.29, 1.82) is 0 Å². The highest BCUT2D eigenvalue weighted by atomic mass is 16.7. The molecule has 1 aliphatic rings. The number of benzene rings is 2. The Morgan fingerprint density at radius 3 is 2.29 bits per heavy atom. The van der Waals surface area contributed by atoms with Gasteiger partial charge in [0.2, 0.25) is 0 Å². The van der Waals surface area contributed by atoms with Gasteiger partial charge in [0.1, 0.15) is 16.9 Å². The Balaban J connectivity index is 2.02. The van der Waals surface area contributed by atoms with E-state index >= 15 is 0 Å². The van der Waals surface area contributed by atoms with Gasteiger partial charge < -0.3 is 9.63 Å². The molecule has 122 valence electrons. The van der Waals surface area contributed by atoms with Crippen molar-refractivity contribution in [2.75, 3.05) is 0 Å². The predicted octanol–water partition coefficient (Wildman–Crippen LogP) is 3.55. The summed E-state index contributed by atoms with van der Waals surface area (Å²) in [6.07, 6.45) is 1.17. The minimum atomic E-state index is -0.922. The Bertz CT molecular complexity index is 768. The molecule has 0 fully saturated rings. The molecule has 0 saturated carbocycles. The van der Waals surface area contributed by atoms with Crippen molar-refractivity contribution in [3.8, 4) is 0 Å². The van der Waals surface area contributed by atoms with E-state index in [1.807, 2.05) is 60.7 Å². The molecule has 4 nitrogen and oxygen atoms in total. The topological polar surface area (TPSA) is 55.7 Å². The van der Waals surface area contributed by atoms with Crippen LogP contribution in [0.4, 0.5) is 0 Å². The normalized spacial score (nSPS) is 19.7. The van der Waals surface area contributed by atoms with Crippen molar-refractivity contribution in [2.45, 2.75) is 26.2 Å². The van der Waals surface area contributed by atoms with E-state index in [9.17, 15) is 9.59 Å². The molecule has 0 unspecified atom stereocenters. The maximum Gasteiger partial charge on any atom is 0.347 e. The van der Waals surface area contributed by atoms with Crippen LogP contribution in [0.1, 0.15) is 30.9 Å². The molecule has 0 bridgehead atoms. The van der Waals surface area contributed by atoms with Crippen LogP contribution in [0.15, 0.2) is 65.8 Å². The monoisotopic (exact) mass is 321 g/mol. The van der Waals surface area contributed by atoms with E-state index in [2.05, 4.69) is 5.16 Å². The maximum atomic E-state index is 12.6. The first-order valence-electron chi connectivity index (χ1n) is 8.00. The molecule has 0 radical (unpaired) electrons. The first-order chi connectivity index (χ1) is 11.6. The molecule has 2 aromatic carbocycles. The maximum absolute atomic E-state index is 12.6. The molecule has 0 aliphatic carbocycles. The Hall–Kier alpha value is -2.75. The van der Waals surface area contributed by atoms with Gasteiger partial charge in [-0.3, -0.25) is 0 Å². The van der Waals surface area contributed by atoms with E-state index in [4.69, 9.17) is 4.84 Å². The van der Waals surface area contributed by atoms with E-state index < -0.39 is 5.41 Å². The fourth-order valence-electron chi connectivity index (χ4n) is 3.08. The summed E-state index contributed by atoms with van der Waals surface area (Å²) in [4.78, 5) is 29.3. The van der Waals surface area contributed by atoms with Crippen molar-refractivity contribution in [3.63, 3.8) is 0 Å². The van der Waals surface area contributed by atoms with Gasteiger partial charge in [-0.1, -0.05) is 65.8 Å². The molecule has 0 spiro atoms. The fourth-order valence-corrected chi connectivity index (χ4v) is 3.08. The number of oxime groups is 1. The minimum Gasteiger partial charge on any atom is -0.317 e. The summed E-state index contributed by atoms with van der Waals surface area (Å²) >= 11 is 0. The average Bonchev–Trinajstić information content (AvgIpc) is 2.91. The lowest BCUT2D eigenvalue weighted by Gasteiger charge is -2.26. The molecule has 2 aromatic rings. The van der Waals surface area contributed by atoms with Crippen LogP contribution in [0.2, 0.25) is 0 Å². The Kier molecular flexibility index (Phi) is 4.56. The summed E-state index contributed by atoms with van der Waals surface area (Å²) in [6, 6.07) is 19.3. The fraction of sp³-hybridized carbons (Fsp3) is 0.250. The van der Waals surface area contributed by atoms with E-state index in [1.54, 1.807) is 0 Å². The molecule has 3 rings (SSSR count). The summed E-state index contributed by atoms with van der Waals surface area (Å²) in [7, 11) is 0. The molecule has 0 aromatic heterocycles. The van der Waals surface area contributed by atoms with Gasteiger partial charge in [0.25, 0.3) is 0 Å². The molecule has 4 heteroatoms. The highest BCUT2D eigenvalue weighted by Crippen LogP contribution is 2.39. The molecule has 0 N–H and O–H groups in total. The summed E-state index contributed by atoms with van der Waals surface area (Å²) < 4.78 is 0. The van der Waals surface area contributed by atoms with Gasteiger partial charge in [0.15, 0.2) is 0 Å². The zero-order valence-electron chi connectivity index (χ0n) is 13.6. The van der Waals surface area contributed by atoms with Crippen LogP contribution in [0.25, 0.3) is 0 Å². The van der Waals surface area contributed by atoms with Crippen molar-refractivity contribution in [1.82, 2.24) is 0 Å². The quantitative estimate of drug-likeness (QED) is 0.765. The van der Waals surface area contributed by atoms with Crippen LogP contribution in [-0.4, -0.2) is 17.5 Å². The van der Waals surface area contributed by atoms with Crippen LogP contribution in [0, 0.1) is 5.41 Å².